The first kappa shape index (κ1) is 17.3. The molecule has 0 fully saturated rings. The van der Waals surface area contributed by atoms with Crippen LogP contribution in [0.3, 0.4) is 0 Å². The third-order valence-electron chi connectivity index (χ3n) is 3.77. The van der Waals surface area contributed by atoms with Gasteiger partial charge >= 0.3 is 5.97 Å². The van der Waals surface area contributed by atoms with Crippen molar-refractivity contribution < 1.29 is 24.6 Å². The highest BCUT2D eigenvalue weighted by Gasteiger charge is 2.12. The van der Waals surface area contributed by atoms with E-state index in [-0.39, 0.29) is 0 Å². The lowest BCUT2D eigenvalue weighted by Crippen LogP contribution is -2.14. The molecule has 3 aromatic rings. The summed E-state index contributed by atoms with van der Waals surface area (Å²) >= 11 is 0. The SMILES string of the molecule is O=C(O)C(=NO)c1ccc(OCCOc2ccc3ccccc3c2)cc1. The second kappa shape index (κ2) is 8.02. The summed E-state index contributed by atoms with van der Waals surface area (Å²) in [7, 11) is 0. The molecule has 0 aromatic heterocycles. The topological polar surface area (TPSA) is 88.4 Å². The van der Waals surface area contributed by atoms with Crippen molar-refractivity contribution in [2.45, 2.75) is 0 Å². The number of oxime groups is 1. The second-order valence-electron chi connectivity index (χ2n) is 5.48. The van der Waals surface area contributed by atoms with Crippen molar-refractivity contribution in [3.05, 3.63) is 72.3 Å². The van der Waals surface area contributed by atoms with Crippen molar-refractivity contribution in [1.82, 2.24) is 0 Å². The maximum Gasteiger partial charge on any atom is 0.358 e. The van der Waals surface area contributed by atoms with Crippen LogP contribution in [0.1, 0.15) is 5.56 Å². The molecule has 0 spiro atoms. The van der Waals surface area contributed by atoms with Crippen LogP contribution in [-0.4, -0.2) is 35.2 Å². The lowest BCUT2D eigenvalue weighted by molar-refractivity contribution is -0.129. The van der Waals surface area contributed by atoms with Gasteiger partial charge in [0.1, 0.15) is 24.7 Å². The highest BCUT2D eigenvalue weighted by molar-refractivity contribution is 6.42. The molecule has 3 aromatic carbocycles. The van der Waals surface area contributed by atoms with E-state index in [0.29, 0.717) is 24.5 Å². The van der Waals surface area contributed by atoms with E-state index in [1.54, 1.807) is 12.1 Å². The fraction of sp³-hybridized carbons (Fsp3) is 0.100. The van der Waals surface area contributed by atoms with Crippen LogP contribution in [0, 0.1) is 0 Å². The number of fused-ring (bicyclic) bond motifs is 1. The van der Waals surface area contributed by atoms with Gasteiger partial charge in [0, 0.05) is 5.56 Å². The number of nitrogens with zero attached hydrogens (tertiary/aromatic N) is 1. The van der Waals surface area contributed by atoms with Gasteiger partial charge in [0.15, 0.2) is 5.71 Å². The lowest BCUT2D eigenvalue weighted by atomic mass is 10.1. The number of benzene rings is 3. The number of carboxylic acid groups (broad SMARTS) is 1. The molecule has 0 aliphatic carbocycles. The zero-order valence-corrected chi connectivity index (χ0v) is 13.8. The Morgan fingerprint density at radius 1 is 0.846 bits per heavy atom. The maximum absolute atomic E-state index is 10.9. The number of rotatable bonds is 7. The van der Waals surface area contributed by atoms with Crippen LogP contribution in [0.5, 0.6) is 11.5 Å². The monoisotopic (exact) mass is 351 g/mol. The van der Waals surface area contributed by atoms with Crippen molar-refractivity contribution in [3.8, 4) is 11.5 Å². The van der Waals surface area contributed by atoms with Crippen LogP contribution >= 0.6 is 0 Å². The summed E-state index contributed by atoms with van der Waals surface area (Å²) in [6, 6.07) is 20.2. The summed E-state index contributed by atoms with van der Waals surface area (Å²) in [5, 5.41) is 22.7. The Labute approximate surface area is 149 Å². The minimum atomic E-state index is -1.30. The Morgan fingerprint density at radius 2 is 1.46 bits per heavy atom. The van der Waals surface area contributed by atoms with Gasteiger partial charge in [0.2, 0.25) is 0 Å². The highest BCUT2D eigenvalue weighted by atomic mass is 16.5. The Balaban J connectivity index is 1.52. The number of carboxylic acids is 1. The van der Waals surface area contributed by atoms with E-state index in [1.165, 1.54) is 12.1 Å². The normalized spacial score (nSPS) is 11.3. The summed E-state index contributed by atoms with van der Waals surface area (Å²) in [4.78, 5) is 10.9. The molecule has 0 unspecified atom stereocenters. The third-order valence-corrected chi connectivity index (χ3v) is 3.77. The summed E-state index contributed by atoms with van der Waals surface area (Å²) in [6.07, 6.45) is 0. The van der Waals surface area contributed by atoms with E-state index in [2.05, 4.69) is 5.16 Å². The van der Waals surface area contributed by atoms with Crippen LogP contribution in [-0.2, 0) is 4.79 Å². The van der Waals surface area contributed by atoms with Gasteiger partial charge in [0.25, 0.3) is 0 Å². The van der Waals surface area contributed by atoms with Crippen LogP contribution in [0.4, 0.5) is 0 Å². The average Bonchev–Trinajstić information content (AvgIpc) is 2.66. The second-order valence-corrected chi connectivity index (χ2v) is 5.48. The molecule has 0 saturated heterocycles. The predicted molar refractivity (Wildman–Crippen MR) is 97.3 cm³/mol. The highest BCUT2D eigenvalue weighted by Crippen LogP contribution is 2.20. The van der Waals surface area contributed by atoms with E-state index in [9.17, 15) is 4.79 Å². The molecule has 132 valence electrons. The van der Waals surface area contributed by atoms with Gasteiger partial charge in [-0.15, -0.1) is 0 Å². The van der Waals surface area contributed by atoms with E-state index in [0.717, 1.165) is 16.5 Å². The molecule has 0 aliphatic heterocycles. The van der Waals surface area contributed by atoms with Gasteiger partial charge in [0.05, 0.1) is 0 Å². The summed E-state index contributed by atoms with van der Waals surface area (Å²) in [6.45, 7) is 0.713. The molecule has 2 N–H and O–H groups in total. The van der Waals surface area contributed by atoms with Gasteiger partial charge in [-0.05, 0) is 47.2 Å². The van der Waals surface area contributed by atoms with E-state index >= 15 is 0 Å². The number of ether oxygens (including phenoxy) is 2. The molecule has 0 amide bonds. The molecule has 3 rings (SSSR count). The smallest absolute Gasteiger partial charge is 0.358 e. The standard InChI is InChI=1S/C20H17NO5/c22-20(23)19(21-24)15-6-8-17(9-7-15)25-11-12-26-18-10-5-14-3-1-2-4-16(14)13-18/h1-10,13,24H,11-12H2,(H,22,23). The lowest BCUT2D eigenvalue weighted by Gasteiger charge is -2.09. The quantitative estimate of drug-likeness (QED) is 0.294. The zero-order chi connectivity index (χ0) is 18.4. The number of hydrogen-bond donors (Lipinski definition) is 2. The molecule has 0 radical (unpaired) electrons. The molecule has 0 bridgehead atoms. The third kappa shape index (κ3) is 4.10. The van der Waals surface area contributed by atoms with Crippen molar-refractivity contribution in [2.75, 3.05) is 13.2 Å². The fourth-order valence-corrected chi connectivity index (χ4v) is 2.51. The summed E-state index contributed by atoms with van der Waals surface area (Å²) < 4.78 is 11.3. The van der Waals surface area contributed by atoms with Crippen molar-refractivity contribution in [1.29, 1.82) is 0 Å². The fourth-order valence-electron chi connectivity index (χ4n) is 2.51. The molecular formula is C20H17NO5. The molecular weight excluding hydrogens is 334 g/mol. The van der Waals surface area contributed by atoms with Crippen LogP contribution in [0.15, 0.2) is 71.9 Å². The Bertz CT molecular complexity index is 934. The van der Waals surface area contributed by atoms with E-state index in [1.807, 2.05) is 42.5 Å². The first-order valence-electron chi connectivity index (χ1n) is 7.97. The Kier molecular flexibility index (Phi) is 5.34. The van der Waals surface area contributed by atoms with E-state index in [4.69, 9.17) is 19.8 Å². The summed E-state index contributed by atoms with van der Waals surface area (Å²) in [5.74, 6) is 0.0383. The largest absolute Gasteiger partial charge is 0.490 e. The zero-order valence-electron chi connectivity index (χ0n) is 13.8. The maximum atomic E-state index is 10.9. The van der Waals surface area contributed by atoms with Crippen molar-refractivity contribution >= 4 is 22.5 Å². The molecule has 0 saturated carbocycles. The molecule has 26 heavy (non-hydrogen) atoms. The number of aliphatic carboxylic acids is 1. The summed E-state index contributed by atoms with van der Waals surface area (Å²) in [5.41, 5.74) is -0.129. The van der Waals surface area contributed by atoms with Gasteiger partial charge in [-0.3, -0.25) is 0 Å². The van der Waals surface area contributed by atoms with Crippen LogP contribution in [0.2, 0.25) is 0 Å². The van der Waals surface area contributed by atoms with Crippen molar-refractivity contribution in [2.24, 2.45) is 5.16 Å². The predicted octanol–water partition coefficient (Wildman–Crippen LogP) is 3.56. The molecule has 6 nitrogen and oxygen atoms in total. The molecule has 0 heterocycles. The van der Waals surface area contributed by atoms with Gasteiger partial charge in [-0.2, -0.15) is 0 Å². The first-order chi connectivity index (χ1) is 12.7. The van der Waals surface area contributed by atoms with E-state index < -0.39 is 11.7 Å². The number of carbonyl (C=O) groups is 1. The Hall–Kier alpha value is -3.54. The van der Waals surface area contributed by atoms with Gasteiger partial charge in [-0.25, -0.2) is 4.79 Å². The van der Waals surface area contributed by atoms with Gasteiger partial charge in [-0.1, -0.05) is 35.5 Å². The molecule has 6 heteroatoms. The van der Waals surface area contributed by atoms with Crippen molar-refractivity contribution in [3.63, 3.8) is 0 Å². The van der Waals surface area contributed by atoms with Gasteiger partial charge < -0.3 is 19.8 Å². The number of hydrogen-bond acceptors (Lipinski definition) is 5. The minimum absolute atomic E-state index is 0.291. The average molecular weight is 351 g/mol. The molecule has 0 aliphatic rings. The van der Waals surface area contributed by atoms with Crippen LogP contribution < -0.4 is 9.47 Å². The molecule has 0 atom stereocenters. The first-order valence-corrected chi connectivity index (χ1v) is 7.97. The minimum Gasteiger partial charge on any atom is -0.490 e. The Morgan fingerprint density at radius 3 is 2.12 bits per heavy atom. The van der Waals surface area contributed by atoms with Crippen LogP contribution in [0.25, 0.3) is 10.8 Å².